The summed E-state index contributed by atoms with van der Waals surface area (Å²) in [6.45, 7) is 11.4. The molecule has 0 N–H and O–H groups in total. The number of allylic oxidation sites excluding steroid dienone is 1. The van der Waals surface area contributed by atoms with Crippen LogP contribution in [0.1, 0.15) is 26.3 Å². The molecule has 4 heteroatoms. The van der Waals surface area contributed by atoms with E-state index in [1.54, 1.807) is 0 Å². The Morgan fingerprint density at radius 3 is 1.79 bits per heavy atom. The highest BCUT2D eigenvalue weighted by atomic mass is 28.4. The molecule has 0 saturated carbocycles. The predicted octanol–water partition coefficient (Wildman–Crippen LogP) is 2.67. The van der Waals surface area contributed by atoms with Crippen molar-refractivity contribution in [1.29, 1.82) is 0 Å². The van der Waals surface area contributed by atoms with Crippen molar-refractivity contribution in [3.05, 3.63) is 42.5 Å². The van der Waals surface area contributed by atoms with Gasteiger partial charge in [-0.2, -0.15) is 0 Å². The van der Waals surface area contributed by atoms with E-state index in [2.05, 4.69) is 18.7 Å². The molecule has 0 spiro atoms. The van der Waals surface area contributed by atoms with E-state index in [0.717, 1.165) is 11.6 Å². The third-order valence-electron chi connectivity index (χ3n) is 2.69. The fraction of sp³-hybridized carbons (Fsp3) is 0.467. The molecule has 0 saturated heterocycles. The summed E-state index contributed by atoms with van der Waals surface area (Å²) in [5.74, 6) is 0. The van der Waals surface area contributed by atoms with E-state index in [1.807, 2.05) is 39.0 Å². The molecule has 1 aromatic carbocycles. The maximum Gasteiger partial charge on any atom is 0.537 e. The van der Waals surface area contributed by atoms with Crippen LogP contribution in [0.2, 0.25) is 0 Å². The molecule has 0 amide bonds. The lowest BCUT2D eigenvalue weighted by Gasteiger charge is -2.28. The van der Waals surface area contributed by atoms with Crippen LogP contribution < -0.4 is 5.19 Å². The average Bonchev–Trinajstić information content (AvgIpc) is 2.41. The summed E-state index contributed by atoms with van der Waals surface area (Å²) in [5, 5.41) is 1.02. The summed E-state index contributed by atoms with van der Waals surface area (Å²) >= 11 is 0. The first-order valence-corrected chi connectivity index (χ1v) is 8.57. The second-order valence-electron chi connectivity index (χ2n) is 4.04. The molecular formula is C15H24O3Si. The van der Waals surface area contributed by atoms with Gasteiger partial charge in [-0.05, 0) is 32.8 Å². The van der Waals surface area contributed by atoms with E-state index in [-0.39, 0.29) is 0 Å². The highest BCUT2D eigenvalue weighted by Gasteiger charge is 2.42. The Hall–Kier alpha value is -0.943. The van der Waals surface area contributed by atoms with Crippen LogP contribution in [0.3, 0.4) is 0 Å². The average molecular weight is 280 g/mol. The Labute approximate surface area is 117 Å². The Balaban J connectivity index is 3.03. The summed E-state index contributed by atoms with van der Waals surface area (Å²) in [6.07, 6.45) is 2.76. The van der Waals surface area contributed by atoms with Crippen LogP contribution in [-0.2, 0) is 19.7 Å². The molecule has 3 nitrogen and oxygen atoms in total. The first-order valence-electron chi connectivity index (χ1n) is 6.84. The van der Waals surface area contributed by atoms with E-state index < -0.39 is 8.80 Å². The molecule has 0 atom stereocenters. The zero-order valence-electron chi connectivity index (χ0n) is 12.1. The molecule has 0 fully saturated rings. The topological polar surface area (TPSA) is 27.7 Å². The molecule has 0 bridgehead atoms. The van der Waals surface area contributed by atoms with Gasteiger partial charge in [0.25, 0.3) is 0 Å². The van der Waals surface area contributed by atoms with Gasteiger partial charge in [0.1, 0.15) is 0 Å². The molecule has 1 aromatic rings. The number of benzene rings is 1. The summed E-state index contributed by atoms with van der Waals surface area (Å²) in [5.41, 5.74) is 1.23. The molecule has 19 heavy (non-hydrogen) atoms. The van der Waals surface area contributed by atoms with Crippen LogP contribution in [-0.4, -0.2) is 28.6 Å². The summed E-state index contributed by atoms with van der Waals surface area (Å²) in [6, 6.07) is 8.25. The van der Waals surface area contributed by atoms with E-state index in [4.69, 9.17) is 13.3 Å². The van der Waals surface area contributed by atoms with Crippen molar-refractivity contribution in [2.24, 2.45) is 0 Å². The van der Waals surface area contributed by atoms with Crippen molar-refractivity contribution < 1.29 is 13.3 Å². The van der Waals surface area contributed by atoms with Gasteiger partial charge in [0, 0.05) is 25.0 Å². The zero-order chi connectivity index (χ0) is 14.1. The molecule has 0 heterocycles. The fourth-order valence-corrected chi connectivity index (χ4v) is 4.42. The van der Waals surface area contributed by atoms with Crippen LogP contribution in [0.25, 0.3) is 0 Å². The maximum absolute atomic E-state index is 5.87. The largest absolute Gasteiger partial charge is 0.537 e. The molecule has 0 aromatic heterocycles. The Bertz CT molecular complexity index is 358. The van der Waals surface area contributed by atoms with Crippen molar-refractivity contribution in [2.75, 3.05) is 19.8 Å². The normalized spacial score (nSPS) is 11.5. The SMILES string of the molecule is C=CCc1ccc([Si](OCC)(OCC)OCC)cc1. The third-order valence-corrected chi connectivity index (χ3v) is 5.74. The number of hydrogen-bond donors (Lipinski definition) is 0. The number of hydrogen-bond acceptors (Lipinski definition) is 3. The van der Waals surface area contributed by atoms with E-state index in [9.17, 15) is 0 Å². The Morgan fingerprint density at radius 1 is 0.947 bits per heavy atom. The second kappa shape index (κ2) is 8.27. The molecule has 0 radical (unpaired) electrons. The monoisotopic (exact) mass is 280 g/mol. The fourth-order valence-electron chi connectivity index (χ4n) is 1.96. The molecule has 0 aliphatic heterocycles. The predicted molar refractivity (Wildman–Crippen MR) is 80.6 cm³/mol. The quantitative estimate of drug-likeness (QED) is 0.514. The summed E-state index contributed by atoms with van der Waals surface area (Å²) < 4.78 is 17.6. The minimum atomic E-state index is -2.74. The lowest BCUT2D eigenvalue weighted by Crippen LogP contribution is -2.56. The molecule has 106 valence electrons. The smallest absolute Gasteiger partial charge is 0.370 e. The third kappa shape index (κ3) is 4.28. The molecule has 0 aliphatic rings. The van der Waals surface area contributed by atoms with Gasteiger partial charge < -0.3 is 13.3 Å². The molecule has 0 unspecified atom stereocenters. The van der Waals surface area contributed by atoms with Crippen LogP contribution in [0, 0.1) is 0 Å². The summed E-state index contributed by atoms with van der Waals surface area (Å²) in [4.78, 5) is 0. The summed E-state index contributed by atoms with van der Waals surface area (Å²) in [7, 11) is -2.74. The second-order valence-corrected chi connectivity index (χ2v) is 6.60. The van der Waals surface area contributed by atoms with Gasteiger partial charge in [-0.1, -0.05) is 30.3 Å². The van der Waals surface area contributed by atoms with Gasteiger partial charge in [0.15, 0.2) is 0 Å². The van der Waals surface area contributed by atoms with Crippen LogP contribution in [0.4, 0.5) is 0 Å². The maximum atomic E-state index is 5.87. The van der Waals surface area contributed by atoms with Crippen molar-refractivity contribution >= 4 is 14.0 Å². The van der Waals surface area contributed by atoms with Crippen LogP contribution in [0.5, 0.6) is 0 Å². The zero-order valence-corrected chi connectivity index (χ0v) is 13.1. The number of rotatable bonds is 9. The van der Waals surface area contributed by atoms with E-state index >= 15 is 0 Å². The van der Waals surface area contributed by atoms with Gasteiger partial charge in [0.2, 0.25) is 0 Å². The highest BCUT2D eigenvalue weighted by molar-refractivity contribution is 6.75. The minimum absolute atomic E-state index is 0.584. The first-order chi connectivity index (χ1) is 9.22. The highest BCUT2D eigenvalue weighted by Crippen LogP contribution is 2.12. The molecule has 1 rings (SSSR count). The Morgan fingerprint density at radius 2 is 1.42 bits per heavy atom. The van der Waals surface area contributed by atoms with Gasteiger partial charge in [-0.25, -0.2) is 0 Å². The van der Waals surface area contributed by atoms with Crippen molar-refractivity contribution in [2.45, 2.75) is 27.2 Å². The van der Waals surface area contributed by atoms with Gasteiger partial charge in [-0.3, -0.25) is 0 Å². The first kappa shape index (κ1) is 16.1. The minimum Gasteiger partial charge on any atom is -0.370 e. The lowest BCUT2D eigenvalue weighted by atomic mass is 10.2. The lowest BCUT2D eigenvalue weighted by molar-refractivity contribution is 0.0859. The van der Waals surface area contributed by atoms with Gasteiger partial charge in [0.05, 0.1) is 0 Å². The molecular weight excluding hydrogens is 256 g/mol. The van der Waals surface area contributed by atoms with Gasteiger partial charge >= 0.3 is 8.80 Å². The van der Waals surface area contributed by atoms with Crippen LogP contribution in [0.15, 0.2) is 36.9 Å². The van der Waals surface area contributed by atoms with Crippen molar-refractivity contribution in [3.8, 4) is 0 Å². The van der Waals surface area contributed by atoms with Crippen molar-refractivity contribution in [1.82, 2.24) is 0 Å². The van der Waals surface area contributed by atoms with E-state index in [1.165, 1.54) is 5.56 Å². The molecule has 0 aliphatic carbocycles. The van der Waals surface area contributed by atoms with Crippen LogP contribution >= 0.6 is 0 Å². The van der Waals surface area contributed by atoms with Gasteiger partial charge in [-0.15, -0.1) is 6.58 Å². The Kier molecular flexibility index (Phi) is 7.01. The van der Waals surface area contributed by atoms with E-state index in [0.29, 0.717) is 19.8 Å². The van der Waals surface area contributed by atoms with Crippen molar-refractivity contribution in [3.63, 3.8) is 0 Å². The standard InChI is InChI=1S/C15H24O3Si/c1-5-9-14-10-12-15(13-11-14)19(16-6-2,17-7-3)18-8-4/h5,10-13H,1,6-9H2,2-4H3.